The summed E-state index contributed by atoms with van der Waals surface area (Å²) < 4.78 is 74.5. The van der Waals surface area contributed by atoms with Gasteiger partial charge in [-0.25, -0.2) is 4.39 Å². The van der Waals surface area contributed by atoms with E-state index in [0.29, 0.717) is 45.8 Å². The Labute approximate surface area is 282 Å². The van der Waals surface area contributed by atoms with E-state index in [1.165, 1.54) is 7.11 Å². The third-order valence-corrected chi connectivity index (χ3v) is 9.25. The van der Waals surface area contributed by atoms with Gasteiger partial charge >= 0.3 is 12.2 Å². The number of rotatable bonds is 12. The van der Waals surface area contributed by atoms with Gasteiger partial charge in [0.25, 0.3) is 5.91 Å². The fraction of sp³-hybridized carbons (Fsp3) is 0.514. The topological polar surface area (TPSA) is 89.5 Å². The molecular formula is C35H41F4N5O5. The summed E-state index contributed by atoms with van der Waals surface area (Å²) in [6.07, 6.45) is -3.51. The minimum absolute atomic E-state index is 0.00438. The Kier molecular flexibility index (Phi) is 11.2. The minimum Gasteiger partial charge on any atom is -0.481 e. The molecule has 0 radical (unpaired) electrons. The van der Waals surface area contributed by atoms with Crippen LogP contribution in [-0.4, -0.2) is 121 Å². The number of methoxy groups -OCH3 is 1. The highest BCUT2D eigenvalue weighted by Crippen LogP contribution is 2.38. The van der Waals surface area contributed by atoms with Crippen LogP contribution in [0, 0.1) is 0 Å². The van der Waals surface area contributed by atoms with Crippen molar-refractivity contribution in [2.45, 2.75) is 49.7 Å². The Morgan fingerprint density at radius 1 is 0.959 bits per heavy atom. The van der Waals surface area contributed by atoms with Crippen LogP contribution >= 0.6 is 0 Å². The van der Waals surface area contributed by atoms with Crippen LogP contribution in [0.2, 0.25) is 0 Å². The number of amides is 1. The summed E-state index contributed by atoms with van der Waals surface area (Å²) in [5.41, 5.74) is 2.47. The van der Waals surface area contributed by atoms with Gasteiger partial charge in [-0.2, -0.15) is 23.1 Å². The van der Waals surface area contributed by atoms with Gasteiger partial charge in [-0.1, -0.05) is 60.7 Å². The van der Waals surface area contributed by atoms with Crippen molar-refractivity contribution in [2.75, 3.05) is 66.3 Å². The molecule has 3 aliphatic heterocycles. The van der Waals surface area contributed by atoms with Gasteiger partial charge in [0.05, 0.1) is 12.7 Å². The fourth-order valence-electron chi connectivity index (χ4n) is 7.19. The number of hydrogen-bond acceptors (Lipinski definition) is 9. The lowest BCUT2D eigenvalue weighted by Crippen LogP contribution is -2.67. The molecule has 10 nitrogen and oxygen atoms in total. The summed E-state index contributed by atoms with van der Waals surface area (Å²) in [6.45, 7) is 0.599. The van der Waals surface area contributed by atoms with Crippen molar-refractivity contribution in [3.8, 4) is 17.8 Å². The van der Waals surface area contributed by atoms with Crippen LogP contribution in [0.15, 0.2) is 60.7 Å². The van der Waals surface area contributed by atoms with Gasteiger partial charge in [0.2, 0.25) is 11.8 Å². The van der Waals surface area contributed by atoms with Gasteiger partial charge < -0.3 is 23.8 Å². The fourth-order valence-corrected chi connectivity index (χ4v) is 7.19. The molecule has 6 rings (SSSR count). The maximum absolute atomic E-state index is 13.5. The van der Waals surface area contributed by atoms with Gasteiger partial charge in [0, 0.05) is 63.9 Å². The monoisotopic (exact) mass is 687 g/mol. The predicted octanol–water partition coefficient (Wildman–Crippen LogP) is 4.48. The predicted molar refractivity (Wildman–Crippen MR) is 171 cm³/mol. The normalized spacial score (nSPS) is 21.8. The zero-order valence-corrected chi connectivity index (χ0v) is 27.4. The molecule has 2 aromatic carbocycles. The van der Waals surface area contributed by atoms with Gasteiger partial charge in [0.1, 0.15) is 19.4 Å². The molecule has 49 heavy (non-hydrogen) atoms. The number of carbonyl (C=O) groups is 1. The van der Waals surface area contributed by atoms with Crippen LogP contribution < -0.4 is 14.2 Å². The molecule has 0 bridgehead atoms. The quantitative estimate of drug-likeness (QED) is 0.256. The van der Waals surface area contributed by atoms with Crippen LogP contribution in [0.5, 0.6) is 17.8 Å². The number of nitrogens with zero attached hydrogens (tertiary/aromatic N) is 5. The highest BCUT2D eigenvalue weighted by molar-refractivity contribution is 5.81. The molecule has 3 atom stereocenters. The Balaban J connectivity index is 1.36. The zero-order chi connectivity index (χ0) is 34.4. The second-order valence-electron chi connectivity index (χ2n) is 12.5. The molecule has 3 aromatic rings. The number of piperazine rings is 2. The third-order valence-electron chi connectivity index (χ3n) is 9.25. The molecule has 0 N–H and O–H groups in total. The number of hydrogen-bond donors (Lipinski definition) is 0. The standard InChI is InChI=1S/C35H41F4N5O5/c1-46-31-27(32(49-23-35(37,38)39)41-34(40-31)48-18-14-36)21-42-19-26-20-43(33(45)29-13-8-17-47-29)15-16-44(26)28(22-42)30(24-9-4-2-5-10-24)25-11-6-3-7-12-25/h2-7,9-12,26,28-30H,8,13-23H2,1H3/t26-,28?,29-/m1/s1. The SMILES string of the molecule is COc1nc(OCCF)nc(OCC(F)(F)F)c1CN1CC(C(c2ccccc2)c2ccccc2)N2CCN(C(=O)[C@H]3CCCO3)C[C@H]2C1. The van der Waals surface area contributed by atoms with Crippen molar-refractivity contribution in [1.29, 1.82) is 0 Å². The minimum atomic E-state index is -4.63. The number of ether oxygens (including phenoxy) is 4. The summed E-state index contributed by atoms with van der Waals surface area (Å²) in [4.78, 5) is 28.3. The zero-order valence-electron chi connectivity index (χ0n) is 27.4. The van der Waals surface area contributed by atoms with E-state index in [1.54, 1.807) is 0 Å². The first kappa shape index (κ1) is 34.8. The molecule has 1 amide bonds. The van der Waals surface area contributed by atoms with Crippen molar-refractivity contribution in [2.24, 2.45) is 0 Å². The largest absolute Gasteiger partial charge is 0.481 e. The molecule has 0 spiro atoms. The van der Waals surface area contributed by atoms with Crippen molar-refractivity contribution in [1.82, 2.24) is 24.7 Å². The average Bonchev–Trinajstić information content (AvgIpc) is 3.66. The lowest BCUT2D eigenvalue weighted by Gasteiger charge is -2.53. The highest BCUT2D eigenvalue weighted by Gasteiger charge is 2.44. The molecule has 1 aromatic heterocycles. The highest BCUT2D eigenvalue weighted by atomic mass is 19.4. The van der Waals surface area contributed by atoms with Gasteiger partial charge in [-0.15, -0.1) is 0 Å². The van der Waals surface area contributed by atoms with E-state index >= 15 is 0 Å². The second kappa shape index (κ2) is 15.7. The summed E-state index contributed by atoms with van der Waals surface area (Å²) in [5, 5.41) is 0. The van der Waals surface area contributed by atoms with E-state index in [0.717, 1.165) is 17.5 Å². The van der Waals surface area contributed by atoms with E-state index in [4.69, 9.17) is 18.9 Å². The second-order valence-corrected chi connectivity index (χ2v) is 12.5. The molecule has 3 fully saturated rings. The molecule has 1 unspecified atom stereocenters. The summed E-state index contributed by atoms with van der Waals surface area (Å²) in [5.74, 6) is -0.432. The van der Waals surface area contributed by atoms with E-state index in [9.17, 15) is 22.4 Å². The van der Waals surface area contributed by atoms with Crippen LogP contribution in [-0.2, 0) is 16.1 Å². The summed E-state index contributed by atoms with van der Waals surface area (Å²) in [6, 6.07) is 20.0. The van der Waals surface area contributed by atoms with Crippen LogP contribution in [0.25, 0.3) is 0 Å². The molecule has 3 aliphatic rings. The van der Waals surface area contributed by atoms with Gasteiger partial charge in [0.15, 0.2) is 6.61 Å². The smallest absolute Gasteiger partial charge is 0.422 e. The Morgan fingerprint density at radius 3 is 2.27 bits per heavy atom. The van der Waals surface area contributed by atoms with E-state index in [-0.39, 0.29) is 60.4 Å². The number of fused-ring (bicyclic) bond motifs is 1. The summed E-state index contributed by atoms with van der Waals surface area (Å²) in [7, 11) is 1.34. The van der Waals surface area contributed by atoms with Crippen molar-refractivity contribution < 1.29 is 41.3 Å². The number of halogens is 4. The van der Waals surface area contributed by atoms with Crippen molar-refractivity contribution in [3.63, 3.8) is 0 Å². The van der Waals surface area contributed by atoms with Crippen LogP contribution in [0.4, 0.5) is 17.6 Å². The molecule has 0 saturated carbocycles. The number of benzene rings is 2. The Bertz CT molecular complexity index is 1490. The first-order chi connectivity index (χ1) is 23.7. The number of carbonyl (C=O) groups excluding carboxylic acids is 1. The maximum Gasteiger partial charge on any atom is 0.422 e. The molecule has 3 saturated heterocycles. The molecule has 4 heterocycles. The molecule has 14 heteroatoms. The van der Waals surface area contributed by atoms with Gasteiger partial charge in [-0.05, 0) is 24.0 Å². The van der Waals surface area contributed by atoms with Crippen molar-refractivity contribution in [3.05, 3.63) is 77.4 Å². The van der Waals surface area contributed by atoms with E-state index < -0.39 is 25.6 Å². The molecule has 0 aliphatic carbocycles. The number of aromatic nitrogens is 2. The Morgan fingerprint density at radius 2 is 1.65 bits per heavy atom. The number of alkyl halides is 4. The van der Waals surface area contributed by atoms with Crippen molar-refractivity contribution >= 4 is 5.91 Å². The summed E-state index contributed by atoms with van der Waals surface area (Å²) >= 11 is 0. The molecular weight excluding hydrogens is 646 g/mol. The van der Waals surface area contributed by atoms with Crippen LogP contribution in [0.3, 0.4) is 0 Å². The Hall–Kier alpha value is -4.01. The van der Waals surface area contributed by atoms with E-state index in [2.05, 4.69) is 44.0 Å². The van der Waals surface area contributed by atoms with E-state index in [1.807, 2.05) is 41.3 Å². The maximum atomic E-state index is 13.5. The lowest BCUT2D eigenvalue weighted by atomic mass is 9.81. The average molecular weight is 688 g/mol. The molecule has 264 valence electrons. The van der Waals surface area contributed by atoms with Crippen LogP contribution in [0.1, 0.15) is 35.4 Å². The third kappa shape index (κ3) is 8.42. The lowest BCUT2D eigenvalue weighted by molar-refractivity contribution is -0.154. The van der Waals surface area contributed by atoms with Gasteiger partial charge in [-0.3, -0.25) is 14.6 Å². The first-order valence-corrected chi connectivity index (χ1v) is 16.6. The first-order valence-electron chi connectivity index (χ1n) is 16.6.